The molecule has 0 aliphatic heterocycles. The first-order valence-electron chi connectivity index (χ1n) is 11.6. The van der Waals surface area contributed by atoms with E-state index in [1.165, 1.54) is 35.6 Å². The van der Waals surface area contributed by atoms with Crippen LogP contribution in [0.1, 0.15) is 38.8 Å². The van der Waals surface area contributed by atoms with Crippen molar-refractivity contribution >= 4 is 10.0 Å². The lowest BCUT2D eigenvalue weighted by Crippen LogP contribution is -2.31. The molecule has 0 bridgehead atoms. The summed E-state index contributed by atoms with van der Waals surface area (Å²) < 4.78 is 32.6. The van der Waals surface area contributed by atoms with Gasteiger partial charge < -0.3 is 4.74 Å². The summed E-state index contributed by atoms with van der Waals surface area (Å²) in [5, 5.41) is 8.89. The van der Waals surface area contributed by atoms with E-state index in [1.54, 1.807) is 0 Å². The second kappa shape index (κ2) is 13.1. The van der Waals surface area contributed by atoms with Crippen molar-refractivity contribution in [2.45, 2.75) is 39.1 Å². The van der Waals surface area contributed by atoms with Gasteiger partial charge in [0.1, 0.15) is 12.4 Å². The van der Waals surface area contributed by atoms with Crippen LogP contribution in [-0.2, 0) is 16.6 Å². The molecule has 35 heavy (non-hydrogen) atoms. The highest BCUT2D eigenvalue weighted by atomic mass is 32.2. The van der Waals surface area contributed by atoms with Gasteiger partial charge in [-0.2, -0.15) is 9.57 Å². The Labute approximate surface area is 210 Å². The zero-order valence-electron chi connectivity index (χ0n) is 21.3. The Morgan fingerprint density at radius 1 is 1.11 bits per heavy atom. The van der Waals surface area contributed by atoms with Crippen molar-refractivity contribution in [1.82, 2.24) is 9.21 Å². The number of ether oxygens (including phenoxy) is 1. The van der Waals surface area contributed by atoms with Gasteiger partial charge in [-0.05, 0) is 75.4 Å². The number of nitriles is 1. The highest BCUT2D eigenvalue weighted by molar-refractivity contribution is 7.89. The lowest BCUT2D eigenvalue weighted by Gasteiger charge is -2.19. The molecule has 0 aliphatic carbocycles. The number of allylic oxidation sites excluding steroid dienone is 1. The van der Waals surface area contributed by atoms with E-state index in [2.05, 4.69) is 56.6 Å². The predicted octanol–water partition coefficient (Wildman–Crippen LogP) is 4.69. The van der Waals surface area contributed by atoms with Gasteiger partial charge in [-0.3, -0.25) is 4.90 Å². The zero-order valence-corrected chi connectivity index (χ0v) is 22.1. The zero-order chi connectivity index (χ0) is 25.9. The average Bonchev–Trinajstić information content (AvgIpc) is 2.82. The van der Waals surface area contributed by atoms with E-state index in [1.807, 2.05) is 30.3 Å². The lowest BCUT2D eigenvalue weighted by molar-refractivity contribution is 0.284. The van der Waals surface area contributed by atoms with E-state index in [-0.39, 0.29) is 23.5 Å². The fourth-order valence-electron chi connectivity index (χ4n) is 3.11. The SMILES string of the molecule is CCN(C/C=C/C#CC(C)(C)C)Cc1cccc(OCCN(C)S(=O)(=O)c2ccc(C#N)cc2)c1. The van der Waals surface area contributed by atoms with Gasteiger partial charge in [-0.15, -0.1) is 0 Å². The third-order valence-electron chi connectivity index (χ3n) is 5.13. The Kier molecular flexibility index (Phi) is 10.5. The van der Waals surface area contributed by atoms with Gasteiger partial charge in [0, 0.05) is 32.1 Å². The van der Waals surface area contributed by atoms with Crippen molar-refractivity contribution in [3.8, 4) is 23.7 Å². The number of benzene rings is 2. The monoisotopic (exact) mass is 493 g/mol. The highest BCUT2D eigenvalue weighted by Gasteiger charge is 2.20. The average molecular weight is 494 g/mol. The fraction of sp³-hybridized carbons (Fsp3) is 0.393. The number of rotatable bonds is 11. The molecule has 0 saturated heterocycles. The van der Waals surface area contributed by atoms with E-state index in [0.717, 1.165) is 25.2 Å². The molecule has 0 unspecified atom stereocenters. The minimum absolute atomic E-state index is 0.00213. The quantitative estimate of drug-likeness (QED) is 0.425. The largest absolute Gasteiger partial charge is 0.492 e. The number of nitrogens with zero attached hydrogens (tertiary/aromatic N) is 3. The molecule has 0 saturated carbocycles. The molecule has 0 amide bonds. The molecule has 2 aromatic rings. The summed E-state index contributed by atoms with van der Waals surface area (Å²) in [5.41, 5.74) is 1.54. The van der Waals surface area contributed by atoms with Crippen molar-refractivity contribution in [1.29, 1.82) is 5.26 Å². The highest BCUT2D eigenvalue weighted by Crippen LogP contribution is 2.17. The van der Waals surface area contributed by atoms with Gasteiger partial charge in [0.15, 0.2) is 0 Å². The molecule has 0 heterocycles. The summed E-state index contributed by atoms with van der Waals surface area (Å²) in [6.07, 6.45) is 3.99. The van der Waals surface area contributed by atoms with Crippen molar-refractivity contribution in [3.05, 3.63) is 71.8 Å². The summed E-state index contributed by atoms with van der Waals surface area (Å²) in [6.45, 7) is 11.3. The van der Waals surface area contributed by atoms with Crippen LogP contribution in [0.15, 0.2) is 65.6 Å². The van der Waals surface area contributed by atoms with Crippen LogP contribution < -0.4 is 4.74 Å². The first-order valence-corrected chi connectivity index (χ1v) is 13.1. The Morgan fingerprint density at radius 2 is 1.83 bits per heavy atom. The summed E-state index contributed by atoms with van der Waals surface area (Å²) in [4.78, 5) is 2.45. The van der Waals surface area contributed by atoms with Crippen LogP contribution >= 0.6 is 0 Å². The summed E-state index contributed by atoms with van der Waals surface area (Å²) in [5.74, 6) is 7.00. The third-order valence-corrected chi connectivity index (χ3v) is 7.00. The van der Waals surface area contributed by atoms with Gasteiger partial charge in [0.2, 0.25) is 10.0 Å². The number of hydrogen-bond acceptors (Lipinski definition) is 5. The van der Waals surface area contributed by atoms with E-state index < -0.39 is 10.0 Å². The predicted molar refractivity (Wildman–Crippen MR) is 140 cm³/mol. The minimum Gasteiger partial charge on any atom is -0.492 e. The smallest absolute Gasteiger partial charge is 0.242 e. The van der Waals surface area contributed by atoms with Gasteiger partial charge in [-0.1, -0.05) is 37.0 Å². The Hall–Kier alpha value is -3.10. The molecule has 0 spiro atoms. The summed E-state index contributed by atoms with van der Waals surface area (Å²) in [6, 6.07) is 15.7. The number of sulfonamides is 1. The van der Waals surface area contributed by atoms with Crippen LogP contribution in [0.25, 0.3) is 0 Å². The number of likely N-dealkylation sites (N-methyl/N-ethyl adjacent to an activating group) is 2. The van der Waals surface area contributed by atoms with Crippen LogP contribution in [0.2, 0.25) is 0 Å². The molecule has 0 atom stereocenters. The molecule has 0 aromatic heterocycles. The maximum absolute atomic E-state index is 12.7. The first-order chi connectivity index (χ1) is 16.5. The lowest BCUT2D eigenvalue weighted by atomic mass is 9.98. The van der Waals surface area contributed by atoms with Crippen molar-refractivity contribution in [2.24, 2.45) is 5.41 Å². The van der Waals surface area contributed by atoms with E-state index in [9.17, 15) is 8.42 Å². The second-order valence-electron chi connectivity index (χ2n) is 9.21. The maximum atomic E-state index is 12.7. The third kappa shape index (κ3) is 9.58. The summed E-state index contributed by atoms with van der Waals surface area (Å²) in [7, 11) is -2.13. The molecule has 2 aromatic carbocycles. The Bertz CT molecular complexity index is 1190. The van der Waals surface area contributed by atoms with Crippen LogP contribution in [0.4, 0.5) is 0 Å². The van der Waals surface area contributed by atoms with E-state index in [4.69, 9.17) is 10.00 Å². The van der Waals surface area contributed by atoms with Crippen molar-refractivity contribution < 1.29 is 13.2 Å². The fourth-order valence-corrected chi connectivity index (χ4v) is 4.26. The molecule has 6 nitrogen and oxygen atoms in total. The molecule has 2 rings (SSSR count). The van der Waals surface area contributed by atoms with Crippen LogP contribution in [0.5, 0.6) is 5.75 Å². The van der Waals surface area contributed by atoms with Gasteiger partial charge in [0.05, 0.1) is 16.5 Å². The molecular weight excluding hydrogens is 458 g/mol. The van der Waals surface area contributed by atoms with Crippen LogP contribution in [0.3, 0.4) is 0 Å². The molecule has 0 aliphatic rings. The molecule has 186 valence electrons. The van der Waals surface area contributed by atoms with Crippen molar-refractivity contribution in [3.63, 3.8) is 0 Å². The van der Waals surface area contributed by atoms with Crippen LogP contribution in [0, 0.1) is 28.6 Å². The molecular formula is C28H35N3O3S. The van der Waals surface area contributed by atoms with E-state index >= 15 is 0 Å². The minimum atomic E-state index is -3.65. The van der Waals surface area contributed by atoms with Gasteiger partial charge in [-0.25, -0.2) is 8.42 Å². The van der Waals surface area contributed by atoms with Crippen molar-refractivity contribution in [2.75, 3.05) is 33.3 Å². The molecule has 0 fully saturated rings. The van der Waals surface area contributed by atoms with E-state index in [0.29, 0.717) is 11.3 Å². The maximum Gasteiger partial charge on any atom is 0.242 e. The second-order valence-corrected chi connectivity index (χ2v) is 11.3. The van der Waals surface area contributed by atoms with Gasteiger partial charge >= 0.3 is 0 Å². The standard InChI is InChI=1S/C28H35N3O3S/c1-6-31(18-9-7-8-17-28(2,3)4)23-25-11-10-12-26(21-25)34-20-19-30(5)35(32,33)27-15-13-24(22-29)14-16-27/h7,9-16,21H,6,18-20,23H2,1-5H3/b9-7+. The molecule has 7 heteroatoms. The molecule has 0 N–H and O–H groups in total. The summed E-state index contributed by atoms with van der Waals surface area (Å²) >= 11 is 0. The normalized spacial score (nSPS) is 11.9. The molecule has 0 radical (unpaired) electrons. The first kappa shape index (κ1) is 28.1. The Balaban J connectivity index is 1.90. The van der Waals surface area contributed by atoms with Gasteiger partial charge in [0.25, 0.3) is 0 Å². The topological polar surface area (TPSA) is 73.6 Å². The number of hydrogen-bond donors (Lipinski definition) is 0. The Morgan fingerprint density at radius 3 is 2.46 bits per heavy atom. The van der Waals surface area contributed by atoms with Crippen LogP contribution in [-0.4, -0.2) is 50.9 Å².